The maximum absolute atomic E-state index is 12.1. The number of hydrogen-bond acceptors (Lipinski definition) is 5. The molecular weight excluding hydrogens is 266 g/mol. The van der Waals surface area contributed by atoms with E-state index in [1.165, 1.54) is 0 Å². The van der Waals surface area contributed by atoms with Crippen molar-refractivity contribution < 1.29 is 0 Å². The lowest BCUT2D eigenvalue weighted by Gasteiger charge is -2.28. The highest BCUT2D eigenvalue weighted by Gasteiger charge is 2.18. The summed E-state index contributed by atoms with van der Waals surface area (Å²) in [7, 11) is 0. The Kier molecular flexibility index (Phi) is 3.67. The number of nitrogens with one attached hydrogen (secondary N) is 2. The molecule has 6 heteroatoms. The van der Waals surface area contributed by atoms with Gasteiger partial charge in [0.25, 0.3) is 5.56 Å². The van der Waals surface area contributed by atoms with Gasteiger partial charge < -0.3 is 10.2 Å². The van der Waals surface area contributed by atoms with Gasteiger partial charge in [-0.25, -0.2) is 4.98 Å². The van der Waals surface area contributed by atoms with Crippen LogP contribution in [0.25, 0.3) is 11.3 Å². The summed E-state index contributed by atoms with van der Waals surface area (Å²) in [6, 6.07) is 11.3. The van der Waals surface area contributed by atoms with Gasteiger partial charge in [0.15, 0.2) is 0 Å². The lowest BCUT2D eigenvalue weighted by atomic mass is 10.1. The maximum atomic E-state index is 12.1. The molecule has 6 nitrogen and oxygen atoms in total. The summed E-state index contributed by atoms with van der Waals surface area (Å²) >= 11 is 0. The minimum atomic E-state index is -0.389. The molecule has 0 radical (unpaired) electrons. The van der Waals surface area contributed by atoms with Gasteiger partial charge >= 0.3 is 0 Å². The van der Waals surface area contributed by atoms with Crippen molar-refractivity contribution in [2.24, 2.45) is 0 Å². The Morgan fingerprint density at radius 3 is 2.57 bits per heavy atom. The molecule has 1 aliphatic heterocycles. The molecule has 0 unspecified atom stereocenters. The number of nitriles is 1. The van der Waals surface area contributed by atoms with Gasteiger partial charge in [-0.3, -0.25) is 9.78 Å². The van der Waals surface area contributed by atoms with Gasteiger partial charge in [0, 0.05) is 31.7 Å². The quantitative estimate of drug-likeness (QED) is 0.847. The zero-order valence-electron chi connectivity index (χ0n) is 11.5. The first-order valence-electron chi connectivity index (χ1n) is 6.85. The average molecular weight is 281 g/mol. The summed E-state index contributed by atoms with van der Waals surface area (Å²) in [6.45, 7) is 3.26. The summed E-state index contributed by atoms with van der Waals surface area (Å²) < 4.78 is 0. The van der Waals surface area contributed by atoms with Crippen molar-refractivity contribution in [3.63, 3.8) is 0 Å². The van der Waals surface area contributed by atoms with Gasteiger partial charge in [-0.1, -0.05) is 30.3 Å². The van der Waals surface area contributed by atoms with E-state index in [1.807, 2.05) is 41.3 Å². The number of benzene rings is 1. The third-order valence-electron chi connectivity index (χ3n) is 3.48. The third kappa shape index (κ3) is 2.64. The first kappa shape index (κ1) is 13.3. The molecular formula is C15H15N5O. The minimum Gasteiger partial charge on any atom is -0.340 e. The van der Waals surface area contributed by atoms with E-state index in [0.29, 0.717) is 11.6 Å². The van der Waals surface area contributed by atoms with Crippen molar-refractivity contribution in [1.29, 1.82) is 5.26 Å². The number of piperazine rings is 1. The average Bonchev–Trinajstić information content (AvgIpc) is 2.55. The Bertz CT molecular complexity index is 726. The monoisotopic (exact) mass is 281 g/mol. The molecule has 3 rings (SSSR count). The molecule has 0 atom stereocenters. The minimum absolute atomic E-state index is 0.0556. The molecule has 0 bridgehead atoms. The normalized spacial score (nSPS) is 14.7. The topological polar surface area (TPSA) is 84.8 Å². The Hall–Kier alpha value is -2.65. The molecule has 2 N–H and O–H groups in total. The highest BCUT2D eigenvalue weighted by atomic mass is 16.1. The van der Waals surface area contributed by atoms with Crippen LogP contribution in [0.4, 0.5) is 5.95 Å². The van der Waals surface area contributed by atoms with E-state index in [0.717, 1.165) is 31.7 Å². The van der Waals surface area contributed by atoms with Gasteiger partial charge in [-0.15, -0.1) is 0 Å². The predicted octanol–water partition coefficient (Wildman–Crippen LogP) is 0.718. The summed E-state index contributed by atoms with van der Waals surface area (Å²) in [5, 5.41) is 12.5. The first-order chi connectivity index (χ1) is 10.3. The first-order valence-corrected chi connectivity index (χ1v) is 6.85. The van der Waals surface area contributed by atoms with Crippen LogP contribution in [0.5, 0.6) is 0 Å². The number of nitrogens with zero attached hydrogens (tertiary/aromatic N) is 3. The van der Waals surface area contributed by atoms with E-state index in [2.05, 4.69) is 15.3 Å². The second-order valence-electron chi connectivity index (χ2n) is 4.83. The van der Waals surface area contributed by atoms with Crippen LogP contribution in [0.15, 0.2) is 35.1 Å². The van der Waals surface area contributed by atoms with Crippen molar-refractivity contribution in [3.05, 3.63) is 46.2 Å². The van der Waals surface area contributed by atoms with Gasteiger partial charge in [0.2, 0.25) is 5.95 Å². The fourth-order valence-electron chi connectivity index (χ4n) is 2.40. The summed E-state index contributed by atoms with van der Waals surface area (Å²) in [5.41, 5.74) is 0.881. The van der Waals surface area contributed by atoms with Crippen LogP contribution in [0.1, 0.15) is 5.56 Å². The van der Waals surface area contributed by atoms with Crippen LogP contribution >= 0.6 is 0 Å². The zero-order chi connectivity index (χ0) is 14.7. The summed E-state index contributed by atoms with van der Waals surface area (Å²) in [6.07, 6.45) is 0. The zero-order valence-corrected chi connectivity index (χ0v) is 11.5. The number of aromatic nitrogens is 2. The number of hydrogen-bond donors (Lipinski definition) is 2. The van der Waals surface area contributed by atoms with E-state index in [-0.39, 0.29) is 11.1 Å². The van der Waals surface area contributed by atoms with Gasteiger partial charge in [-0.2, -0.15) is 5.26 Å². The molecule has 1 saturated heterocycles. The van der Waals surface area contributed by atoms with Gasteiger partial charge in [-0.05, 0) is 0 Å². The third-order valence-corrected chi connectivity index (χ3v) is 3.48. The molecule has 2 heterocycles. The molecule has 0 amide bonds. The van der Waals surface area contributed by atoms with Crippen molar-refractivity contribution in [3.8, 4) is 17.3 Å². The van der Waals surface area contributed by atoms with E-state index in [1.54, 1.807) is 0 Å². The molecule has 0 saturated carbocycles. The van der Waals surface area contributed by atoms with Crippen molar-refractivity contribution >= 4 is 5.95 Å². The Morgan fingerprint density at radius 1 is 1.19 bits per heavy atom. The largest absolute Gasteiger partial charge is 0.340 e. The molecule has 21 heavy (non-hydrogen) atoms. The van der Waals surface area contributed by atoms with Crippen molar-refractivity contribution in [2.75, 3.05) is 31.1 Å². The molecule has 106 valence electrons. The van der Waals surface area contributed by atoms with E-state index in [4.69, 9.17) is 0 Å². The second-order valence-corrected chi connectivity index (χ2v) is 4.83. The Labute approximate surface area is 122 Å². The van der Waals surface area contributed by atoms with Crippen molar-refractivity contribution in [1.82, 2.24) is 15.3 Å². The molecule has 1 aromatic carbocycles. The maximum Gasteiger partial charge on any atom is 0.270 e. The number of anilines is 1. The Balaban J connectivity index is 2.11. The summed E-state index contributed by atoms with van der Waals surface area (Å²) in [5.74, 6) is 0.527. The van der Waals surface area contributed by atoms with E-state index < -0.39 is 0 Å². The lowest BCUT2D eigenvalue weighted by molar-refractivity contribution is 0.579. The highest BCUT2D eigenvalue weighted by molar-refractivity contribution is 5.67. The summed E-state index contributed by atoms with van der Waals surface area (Å²) in [4.78, 5) is 21.4. The van der Waals surface area contributed by atoms with Crippen LogP contribution in [-0.4, -0.2) is 36.1 Å². The molecule has 2 aromatic rings. The van der Waals surface area contributed by atoms with Crippen LogP contribution in [0.3, 0.4) is 0 Å². The van der Waals surface area contributed by atoms with E-state index in [9.17, 15) is 10.1 Å². The predicted molar refractivity (Wildman–Crippen MR) is 80.1 cm³/mol. The van der Waals surface area contributed by atoms with Gasteiger partial charge in [0.1, 0.15) is 11.6 Å². The van der Waals surface area contributed by atoms with Gasteiger partial charge in [0.05, 0.1) is 5.69 Å². The fraction of sp³-hybridized carbons (Fsp3) is 0.267. The molecule has 1 aromatic heterocycles. The molecule has 0 spiro atoms. The molecule has 0 aliphatic carbocycles. The SMILES string of the molecule is N#Cc1c(-c2ccccc2)nc(N2CCNCC2)[nH]c1=O. The van der Waals surface area contributed by atoms with Crippen LogP contribution in [0.2, 0.25) is 0 Å². The number of H-pyrrole nitrogens is 1. The van der Waals surface area contributed by atoms with Crippen LogP contribution < -0.4 is 15.8 Å². The highest BCUT2D eigenvalue weighted by Crippen LogP contribution is 2.20. The standard InChI is InChI=1S/C15H15N5O/c16-10-12-13(11-4-2-1-3-5-11)18-15(19-14(12)21)20-8-6-17-7-9-20/h1-5,17H,6-9H2,(H,18,19,21). The smallest absolute Gasteiger partial charge is 0.270 e. The fourth-order valence-corrected chi connectivity index (χ4v) is 2.40. The lowest BCUT2D eigenvalue weighted by Crippen LogP contribution is -2.44. The van der Waals surface area contributed by atoms with Crippen LogP contribution in [0, 0.1) is 11.3 Å². The number of aromatic amines is 1. The second kappa shape index (κ2) is 5.77. The molecule has 1 fully saturated rings. The van der Waals surface area contributed by atoms with Crippen molar-refractivity contribution in [2.45, 2.75) is 0 Å². The number of rotatable bonds is 2. The Morgan fingerprint density at radius 2 is 1.90 bits per heavy atom. The van der Waals surface area contributed by atoms with E-state index >= 15 is 0 Å². The molecule has 1 aliphatic rings. The van der Waals surface area contributed by atoms with Crippen LogP contribution in [-0.2, 0) is 0 Å².